The van der Waals surface area contributed by atoms with Gasteiger partial charge in [-0.25, -0.2) is 4.98 Å². The third-order valence-electron chi connectivity index (χ3n) is 4.82. The second-order valence-electron chi connectivity index (χ2n) is 6.85. The van der Waals surface area contributed by atoms with Crippen molar-refractivity contribution in [2.75, 3.05) is 0 Å². The van der Waals surface area contributed by atoms with Crippen LogP contribution in [0.15, 0.2) is 97.6 Å². The fraction of sp³-hybridized carbons (Fsp3) is 0.0417. The summed E-state index contributed by atoms with van der Waals surface area (Å²) in [6.07, 6.45) is 7.60. The molecule has 0 saturated carbocycles. The molecule has 2 aromatic carbocycles. The number of aromatic amines is 1. The van der Waals surface area contributed by atoms with Crippen LogP contribution >= 0.6 is 0 Å². The molecule has 0 bridgehead atoms. The first-order valence-electron chi connectivity index (χ1n) is 9.49. The summed E-state index contributed by atoms with van der Waals surface area (Å²) in [5.74, 6) is 0.752. The van der Waals surface area contributed by atoms with Crippen molar-refractivity contribution in [2.24, 2.45) is 0 Å². The number of benzene rings is 2. The molecule has 29 heavy (non-hydrogen) atoms. The molecule has 140 valence electrons. The number of hydrogen-bond donors (Lipinski definition) is 1. The minimum atomic E-state index is 0.747. The Balaban J connectivity index is 1.40. The van der Waals surface area contributed by atoms with Gasteiger partial charge in [-0.05, 0) is 28.8 Å². The molecule has 0 amide bonds. The maximum absolute atomic E-state index is 4.52. The minimum absolute atomic E-state index is 0.747. The number of aromatic nitrogens is 5. The molecule has 0 fully saturated rings. The second kappa shape index (κ2) is 7.56. The van der Waals surface area contributed by atoms with Crippen molar-refractivity contribution in [3.8, 4) is 33.9 Å². The molecule has 5 rings (SSSR count). The molecule has 0 unspecified atom stereocenters. The van der Waals surface area contributed by atoms with Gasteiger partial charge < -0.3 is 4.98 Å². The molecular weight excluding hydrogens is 358 g/mol. The summed E-state index contributed by atoms with van der Waals surface area (Å²) in [6.45, 7) is 0.747. The summed E-state index contributed by atoms with van der Waals surface area (Å²) in [4.78, 5) is 12.4. The Morgan fingerprint density at radius 1 is 0.759 bits per heavy atom. The van der Waals surface area contributed by atoms with Crippen LogP contribution in [0.1, 0.15) is 5.56 Å². The number of nitrogens with one attached hydrogen (secondary N) is 1. The molecule has 3 heterocycles. The fourth-order valence-corrected chi connectivity index (χ4v) is 3.32. The van der Waals surface area contributed by atoms with Crippen LogP contribution in [-0.4, -0.2) is 24.7 Å². The first kappa shape index (κ1) is 17.1. The van der Waals surface area contributed by atoms with E-state index in [-0.39, 0.29) is 0 Å². The van der Waals surface area contributed by atoms with Crippen LogP contribution in [0.5, 0.6) is 0 Å². The number of imidazole rings is 1. The molecule has 0 spiro atoms. The molecular formula is C24H19N5. The molecule has 1 N–H and O–H groups in total. The van der Waals surface area contributed by atoms with Gasteiger partial charge >= 0.3 is 0 Å². The maximum Gasteiger partial charge on any atom is 0.156 e. The van der Waals surface area contributed by atoms with Gasteiger partial charge in [-0.3, -0.25) is 9.67 Å². The monoisotopic (exact) mass is 377 g/mol. The molecule has 0 aliphatic heterocycles. The van der Waals surface area contributed by atoms with Gasteiger partial charge in [-0.15, -0.1) is 0 Å². The van der Waals surface area contributed by atoms with Crippen molar-refractivity contribution < 1.29 is 0 Å². The Bertz CT molecular complexity index is 1220. The lowest BCUT2D eigenvalue weighted by atomic mass is 10.1. The van der Waals surface area contributed by atoms with E-state index in [0.29, 0.717) is 0 Å². The number of H-pyrrole nitrogens is 1. The first-order chi connectivity index (χ1) is 14.3. The summed E-state index contributed by atoms with van der Waals surface area (Å²) < 4.78 is 1.95. The Morgan fingerprint density at radius 2 is 1.55 bits per heavy atom. The van der Waals surface area contributed by atoms with Gasteiger partial charge in [-0.1, -0.05) is 60.7 Å². The summed E-state index contributed by atoms with van der Waals surface area (Å²) in [5.41, 5.74) is 6.22. The van der Waals surface area contributed by atoms with Crippen molar-refractivity contribution >= 4 is 0 Å². The maximum atomic E-state index is 4.52. The number of hydrogen-bond acceptors (Lipinski definition) is 3. The van der Waals surface area contributed by atoms with Gasteiger partial charge in [0.2, 0.25) is 0 Å². The molecule has 3 aromatic heterocycles. The lowest BCUT2D eigenvalue weighted by Crippen LogP contribution is -1.99. The number of pyridine rings is 1. The Hall–Kier alpha value is -3.99. The van der Waals surface area contributed by atoms with Gasteiger partial charge in [0.25, 0.3) is 0 Å². The molecule has 0 atom stereocenters. The fourth-order valence-electron chi connectivity index (χ4n) is 3.32. The summed E-state index contributed by atoms with van der Waals surface area (Å²) in [7, 11) is 0. The lowest BCUT2D eigenvalue weighted by molar-refractivity contribution is 0.687. The van der Waals surface area contributed by atoms with Crippen molar-refractivity contribution in [1.82, 2.24) is 24.7 Å². The van der Waals surface area contributed by atoms with Gasteiger partial charge in [0.1, 0.15) is 5.69 Å². The van der Waals surface area contributed by atoms with Crippen molar-refractivity contribution in [3.63, 3.8) is 0 Å². The van der Waals surface area contributed by atoms with Gasteiger partial charge in [0.15, 0.2) is 5.82 Å². The predicted molar refractivity (Wildman–Crippen MR) is 114 cm³/mol. The third kappa shape index (κ3) is 3.71. The van der Waals surface area contributed by atoms with E-state index in [9.17, 15) is 0 Å². The summed E-state index contributed by atoms with van der Waals surface area (Å²) in [6, 6.07) is 24.5. The smallest absolute Gasteiger partial charge is 0.156 e. The Kier molecular flexibility index (Phi) is 4.47. The van der Waals surface area contributed by atoms with Crippen LogP contribution in [0, 0.1) is 0 Å². The Labute approximate surface area is 168 Å². The summed E-state index contributed by atoms with van der Waals surface area (Å²) in [5, 5.41) is 4.51. The number of rotatable bonds is 5. The standard InChI is InChI=1S/C24H19N5/c1-3-7-18(8-4-1)16-29-17-21(14-27-29)20-11-12-25-22(13-20)24-26-15-23(28-24)19-9-5-2-6-10-19/h1-15,17H,16H2,(H,26,28). The van der Waals surface area contributed by atoms with Gasteiger partial charge in [0, 0.05) is 18.0 Å². The highest BCUT2D eigenvalue weighted by atomic mass is 15.3. The SMILES string of the molecule is c1ccc(Cn2cc(-c3ccnc(-c4ncc(-c5ccccc5)[nH]4)c3)cn2)cc1. The van der Waals surface area contributed by atoms with E-state index >= 15 is 0 Å². The topological polar surface area (TPSA) is 59.4 Å². The Morgan fingerprint density at radius 3 is 2.38 bits per heavy atom. The van der Waals surface area contributed by atoms with E-state index in [4.69, 9.17) is 0 Å². The molecule has 5 aromatic rings. The van der Waals surface area contributed by atoms with Crippen LogP contribution in [0.4, 0.5) is 0 Å². The molecule has 5 heteroatoms. The van der Waals surface area contributed by atoms with Crippen LogP contribution in [0.3, 0.4) is 0 Å². The van der Waals surface area contributed by atoms with Crippen LogP contribution in [0.2, 0.25) is 0 Å². The summed E-state index contributed by atoms with van der Waals surface area (Å²) >= 11 is 0. The van der Waals surface area contributed by atoms with Crippen LogP contribution in [0.25, 0.3) is 33.9 Å². The van der Waals surface area contributed by atoms with Crippen molar-refractivity contribution in [2.45, 2.75) is 6.54 Å². The largest absolute Gasteiger partial charge is 0.337 e. The zero-order chi connectivity index (χ0) is 19.5. The van der Waals surface area contributed by atoms with E-state index < -0.39 is 0 Å². The third-order valence-corrected chi connectivity index (χ3v) is 4.82. The van der Waals surface area contributed by atoms with Crippen molar-refractivity contribution in [1.29, 1.82) is 0 Å². The zero-order valence-corrected chi connectivity index (χ0v) is 15.7. The van der Waals surface area contributed by atoms with Crippen LogP contribution in [-0.2, 0) is 6.54 Å². The normalized spacial score (nSPS) is 10.9. The first-order valence-corrected chi connectivity index (χ1v) is 9.49. The average molecular weight is 377 g/mol. The van der Waals surface area contributed by atoms with E-state index in [0.717, 1.165) is 40.4 Å². The molecule has 0 aliphatic carbocycles. The van der Waals surface area contributed by atoms with Crippen molar-refractivity contribution in [3.05, 3.63) is 103 Å². The quantitative estimate of drug-likeness (QED) is 0.466. The molecule has 5 nitrogen and oxygen atoms in total. The average Bonchev–Trinajstić information content (AvgIpc) is 3.46. The highest BCUT2D eigenvalue weighted by Crippen LogP contribution is 2.25. The van der Waals surface area contributed by atoms with Crippen LogP contribution < -0.4 is 0 Å². The lowest BCUT2D eigenvalue weighted by Gasteiger charge is -2.02. The number of nitrogens with zero attached hydrogens (tertiary/aromatic N) is 4. The molecule has 0 aliphatic rings. The highest BCUT2D eigenvalue weighted by Gasteiger charge is 2.09. The second-order valence-corrected chi connectivity index (χ2v) is 6.85. The van der Waals surface area contributed by atoms with E-state index in [1.54, 1.807) is 0 Å². The van der Waals surface area contributed by atoms with E-state index in [1.807, 2.05) is 71.8 Å². The van der Waals surface area contributed by atoms with E-state index in [1.165, 1.54) is 5.56 Å². The molecule has 0 saturated heterocycles. The van der Waals surface area contributed by atoms with Gasteiger partial charge in [0.05, 0.1) is 24.6 Å². The van der Waals surface area contributed by atoms with Gasteiger partial charge in [-0.2, -0.15) is 5.10 Å². The zero-order valence-electron chi connectivity index (χ0n) is 15.7. The minimum Gasteiger partial charge on any atom is -0.337 e. The predicted octanol–water partition coefficient (Wildman–Crippen LogP) is 5.05. The van der Waals surface area contributed by atoms with E-state index in [2.05, 4.69) is 50.5 Å². The molecule has 0 radical (unpaired) electrons. The highest BCUT2D eigenvalue weighted by molar-refractivity contribution is 5.68.